The molecule has 2 aromatic rings. The Hall–Kier alpha value is -1.63. The number of halogens is 2. The topological polar surface area (TPSA) is 85.8 Å². The largest absolute Gasteiger partial charge is 0.346 e. The van der Waals surface area contributed by atoms with Gasteiger partial charge in [-0.05, 0) is 12.5 Å². The van der Waals surface area contributed by atoms with Gasteiger partial charge in [0.25, 0.3) is 0 Å². The number of nitrogens with one attached hydrogen (secondary N) is 1. The van der Waals surface area contributed by atoms with Crippen LogP contribution < -0.4 is 11.1 Å². The van der Waals surface area contributed by atoms with E-state index >= 15 is 0 Å². The second-order valence-electron chi connectivity index (χ2n) is 4.38. The first-order chi connectivity index (χ1) is 9.16. The van der Waals surface area contributed by atoms with Crippen LogP contribution in [0.4, 0.5) is 0 Å². The Bertz CT molecular complexity index is 519. The van der Waals surface area contributed by atoms with Crippen molar-refractivity contribution in [3.63, 3.8) is 0 Å². The third-order valence-electron chi connectivity index (χ3n) is 2.77. The van der Waals surface area contributed by atoms with E-state index in [0.717, 1.165) is 5.56 Å². The molecular weight excluding hydrogens is 313 g/mol. The standard InChI is InChI=1S/C13H17N5O.2ClH/c1-10(14)13(19)17-12(7-18-9-15-8-16-18)11-5-3-2-4-6-11;;/h2-6,8-10,12H,7,14H2,1H3,(H,17,19);2*1H. The minimum absolute atomic E-state index is 0. The molecular formula is C13H19Cl2N5O. The van der Waals surface area contributed by atoms with Gasteiger partial charge < -0.3 is 11.1 Å². The lowest BCUT2D eigenvalue weighted by Gasteiger charge is -2.20. The molecule has 1 aromatic heterocycles. The maximum absolute atomic E-state index is 11.8. The summed E-state index contributed by atoms with van der Waals surface area (Å²) in [6, 6.07) is 9.00. The zero-order valence-electron chi connectivity index (χ0n) is 11.5. The number of carbonyl (C=O) groups is 1. The molecule has 1 aromatic carbocycles. The van der Waals surface area contributed by atoms with Gasteiger partial charge in [0, 0.05) is 0 Å². The lowest BCUT2D eigenvalue weighted by molar-refractivity contribution is -0.122. The highest BCUT2D eigenvalue weighted by atomic mass is 35.5. The van der Waals surface area contributed by atoms with Gasteiger partial charge in [0.15, 0.2) is 0 Å². The van der Waals surface area contributed by atoms with Crippen molar-refractivity contribution < 1.29 is 4.79 Å². The second-order valence-corrected chi connectivity index (χ2v) is 4.38. The number of nitrogens with zero attached hydrogens (tertiary/aromatic N) is 3. The van der Waals surface area contributed by atoms with Gasteiger partial charge in [0.1, 0.15) is 12.7 Å². The third-order valence-corrected chi connectivity index (χ3v) is 2.77. The Balaban J connectivity index is 0.00000200. The average molecular weight is 332 g/mol. The van der Waals surface area contributed by atoms with Gasteiger partial charge >= 0.3 is 0 Å². The van der Waals surface area contributed by atoms with E-state index in [2.05, 4.69) is 15.4 Å². The van der Waals surface area contributed by atoms with Gasteiger partial charge in [-0.1, -0.05) is 30.3 Å². The smallest absolute Gasteiger partial charge is 0.237 e. The van der Waals surface area contributed by atoms with Crippen LogP contribution in [0, 0.1) is 0 Å². The van der Waals surface area contributed by atoms with Gasteiger partial charge in [-0.3, -0.25) is 9.48 Å². The van der Waals surface area contributed by atoms with Crippen LogP contribution in [0.5, 0.6) is 0 Å². The SMILES string of the molecule is CC(N)C(=O)NC(Cn1cncn1)c1ccccc1.Cl.Cl. The number of carbonyl (C=O) groups excluding carboxylic acids is 1. The van der Waals surface area contributed by atoms with Crippen LogP contribution in [0.25, 0.3) is 0 Å². The number of aromatic nitrogens is 3. The van der Waals surface area contributed by atoms with Crippen molar-refractivity contribution in [3.8, 4) is 0 Å². The normalized spacial score (nSPS) is 12.5. The fourth-order valence-electron chi connectivity index (χ4n) is 1.74. The summed E-state index contributed by atoms with van der Waals surface area (Å²) < 4.78 is 1.68. The van der Waals surface area contributed by atoms with Crippen molar-refractivity contribution >= 4 is 30.7 Å². The van der Waals surface area contributed by atoms with Crippen LogP contribution >= 0.6 is 24.8 Å². The molecule has 0 aliphatic heterocycles. The van der Waals surface area contributed by atoms with E-state index in [0.29, 0.717) is 6.54 Å². The summed E-state index contributed by atoms with van der Waals surface area (Å²) >= 11 is 0. The molecule has 0 aliphatic carbocycles. The van der Waals surface area contributed by atoms with Crippen LogP contribution in [0.1, 0.15) is 18.5 Å². The summed E-state index contributed by atoms with van der Waals surface area (Å²) in [6.07, 6.45) is 3.09. The van der Waals surface area contributed by atoms with E-state index in [1.807, 2.05) is 30.3 Å². The number of benzene rings is 1. The molecule has 116 valence electrons. The summed E-state index contributed by atoms with van der Waals surface area (Å²) in [5, 5.41) is 6.98. The van der Waals surface area contributed by atoms with Crippen molar-refractivity contribution in [1.82, 2.24) is 20.1 Å². The van der Waals surface area contributed by atoms with E-state index < -0.39 is 6.04 Å². The maximum Gasteiger partial charge on any atom is 0.237 e. The molecule has 8 heteroatoms. The van der Waals surface area contributed by atoms with E-state index in [-0.39, 0.29) is 36.8 Å². The first-order valence-electron chi connectivity index (χ1n) is 6.10. The molecule has 0 bridgehead atoms. The zero-order valence-corrected chi connectivity index (χ0v) is 13.2. The molecule has 2 atom stereocenters. The number of nitrogens with two attached hydrogens (primary N) is 1. The Morgan fingerprint density at radius 3 is 2.52 bits per heavy atom. The molecule has 0 radical (unpaired) electrons. The lowest BCUT2D eigenvalue weighted by atomic mass is 10.1. The van der Waals surface area contributed by atoms with Gasteiger partial charge in [-0.2, -0.15) is 5.10 Å². The Morgan fingerprint density at radius 1 is 1.33 bits per heavy atom. The quantitative estimate of drug-likeness (QED) is 0.865. The summed E-state index contributed by atoms with van der Waals surface area (Å²) in [7, 11) is 0. The summed E-state index contributed by atoms with van der Waals surface area (Å²) in [5.41, 5.74) is 6.60. The fraction of sp³-hybridized carbons (Fsp3) is 0.308. The molecule has 0 aliphatic rings. The van der Waals surface area contributed by atoms with Crippen LogP contribution in [-0.2, 0) is 11.3 Å². The monoisotopic (exact) mass is 331 g/mol. The van der Waals surface area contributed by atoms with Crippen molar-refractivity contribution in [1.29, 1.82) is 0 Å². The average Bonchev–Trinajstić information content (AvgIpc) is 2.91. The minimum Gasteiger partial charge on any atom is -0.346 e. The van der Waals surface area contributed by atoms with E-state index in [1.165, 1.54) is 6.33 Å². The maximum atomic E-state index is 11.8. The predicted molar refractivity (Wildman–Crippen MR) is 85.5 cm³/mol. The molecule has 2 unspecified atom stereocenters. The Kier molecular flexibility index (Phi) is 8.61. The van der Waals surface area contributed by atoms with Crippen molar-refractivity contribution in [3.05, 3.63) is 48.5 Å². The zero-order chi connectivity index (χ0) is 13.7. The Morgan fingerprint density at radius 2 is 2.00 bits per heavy atom. The highest BCUT2D eigenvalue weighted by Gasteiger charge is 2.17. The third kappa shape index (κ3) is 5.71. The van der Waals surface area contributed by atoms with Crippen LogP contribution in [0.15, 0.2) is 43.0 Å². The summed E-state index contributed by atoms with van der Waals surface area (Å²) in [5.74, 6) is -0.186. The molecule has 0 saturated heterocycles. The van der Waals surface area contributed by atoms with Gasteiger partial charge in [0.05, 0.1) is 18.6 Å². The van der Waals surface area contributed by atoms with Crippen LogP contribution in [0.3, 0.4) is 0 Å². The van der Waals surface area contributed by atoms with Crippen molar-refractivity contribution in [2.75, 3.05) is 0 Å². The van der Waals surface area contributed by atoms with Crippen molar-refractivity contribution in [2.24, 2.45) is 5.73 Å². The fourth-order valence-corrected chi connectivity index (χ4v) is 1.74. The molecule has 1 heterocycles. The predicted octanol–water partition coefficient (Wildman–Crippen LogP) is 1.33. The first kappa shape index (κ1) is 19.4. The molecule has 21 heavy (non-hydrogen) atoms. The number of rotatable bonds is 5. The summed E-state index contributed by atoms with van der Waals surface area (Å²) in [6.45, 7) is 2.18. The molecule has 0 fully saturated rings. The number of hydrogen-bond acceptors (Lipinski definition) is 4. The highest BCUT2D eigenvalue weighted by molar-refractivity contribution is 5.85. The number of amides is 1. The van der Waals surface area contributed by atoms with Gasteiger partial charge in [0.2, 0.25) is 5.91 Å². The molecule has 0 saturated carbocycles. The van der Waals surface area contributed by atoms with Gasteiger partial charge in [-0.25, -0.2) is 4.98 Å². The minimum atomic E-state index is -0.540. The van der Waals surface area contributed by atoms with E-state index in [9.17, 15) is 4.79 Å². The molecule has 1 amide bonds. The van der Waals surface area contributed by atoms with Crippen molar-refractivity contribution in [2.45, 2.75) is 25.6 Å². The number of hydrogen-bond donors (Lipinski definition) is 2. The summed E-state index contributed by atoms with van der Waals surface area (Å²) in [4.78, 5) is 15.7. The van der Waals surface area contributed by atoms with E-state index in [4.69, 9.17) is 5.73 Å². The highest BCUT2D eigenvalue weighted by Crippen LogP contribution is 2.14. The van der Waals surface area contributed by atoms with Crippen LogP contribution in [0.2, 0.25) is 0 Å². The van der Waals surface area contributed by atoms with Crippen LogP contribution in [-0.4, -0.2) is 26.7 Å². The molecule has 0 spiro atoms. The first-order valence-corrected chi connectivity index (χ1v) is 6.10. The molecule has 2 rings (SSSR count). The lowest BCUT2D eigenvalue weighted by Crippen LogP contribution is -2.41. The molecule has 3 N–H and O–H groups in total. The Labute approximate surface area is 135 Å². The second kappa shape index (κ2) is 9.33. The van der Waals surface area contributed by atoms with E-state index in [1.54, 1.807) is 17.9 Å². The molecule has 6 nitrogen and oxygen atoms in total. The van der Waals surface area contributed by atoms with Gasteiger partial charge in [-0.15, -0.1) is 24.8 Å².